The van der Waals surface area contributed by atoms with Crippen molar-refractivity contribution in [3.05, 3.63) is 51.6 Å². The van der Waals surface area contributed by atoms with Gasteiger partial charge in [0.05, 0.1) is 21.5 Å². The van der Waals surface area contributed by atoms with Crippen LogP contribution >= 0.6 is 34.5 Å². The van der Waals surface area contributed by atoms with Crippen molar-refractivity contribution in [3.8, 4) is 10.7 Å². The van der Waals surface area contributed by atoms with E-state index < -0.39 is 0 Å². The number of amides is 2. The standard InChI is InChI=1S/C19H18Cl2N4O3S/c1-25(11-16(26)22-12-7-8-13(20)14(21)10-12)18(27)6-2-5-17-23-19(24-28-17)15-4-3-9-29-15/h3-4,7-10H,2,5-6,11H2,1H3,(H,22,26). The number of nitrogens with zero attached hydrogens (tertiary/aromatic N) is 3. The van der Waals surface area contributed by atoms with Gasteiger partial charge in [-0.25, -0.2) is 0 Å². The normalized spacial score (nSPS) is 10.7. The van der Waals surface area contributed by atoms with Crippen LogP contribution in [0.25, 0.3) is 10.7 Å². The second kappa shape index (κ2) is 9.87. The predicted octanol–water partition coefficient (Wildman–Crippen LogP) is 4.52. The Morgan fingerprint density at radius 3 is 2.79 bits per heavy atom. The number of rotatable bonds is 8. The molecule has 10 heteroatoms. The number of carbonyl (C=O) groups excluding carboxylic acids is 2. The van der Waals surface area contributed by atoms with E-state index in [9.17, 15) is 9.59 Å². The average Bonchev–Trinajstić information content (AvgIpc) is 3.36. The molecule has 0 aliphatic carbocycles. The fraction of sp³-hybridized carbons (Fsp3) is 0.263. The van der Waals surface area contributed by atoms with Gasteiger partial charge in [0.1, 0.15) is 0 Å². The topological polar surface area (TPSA) is 88.3 Å². The van der Waals surface area contributed by atoms with E-state index >= 15 is 0 Å². The van der Waals surface area contributed by atoms with Crippen LogP contribution in [0.4, 0.5) is 5.69 Å². The van der Waals surface area contributed by atoms with Gasteiger partial charge >= 0.3 is 0 Å². The van der Waals surface area contributed by atoms with Crippen molar-refractivity contribution in [3.63, 3.8) is 0 Å². The van der Waals surface area contributed by atoms with Crippen LogP contribution in [0.5, 0.6) is 0 Å². The summed E-state index contributed by atoms with van der Waals surface area (Å²) >= 11 is 13.3. The van der Waals surface area contributed by atoms with Gasteiger partial charge in [-0.3, -0.25) is 9.59 Å². The third kappa shape index (κ3) is 6.03. The number of aromatic nitrogens is 2. The number of halogens is 2. The van der Waals surface area contributed by atoms with Gasteiger partial charge in [-0.15, -0.1) is 11.3 Å². The van der Waals surface area contributed by atoms with E-state index in [2.05, 4.69) is 15.5 Å². The lowest BCUT2D eigenvalue weighted by atomic mass is 10.2. The monoisotopic (exact) mass is 452 g/mol. The summed E-state index contributed by atoms with van der Waals surface area (Å²) < 4.78 is 5.22. The fourth-order valence-corrected chi connectivity index (χ4v) is 3.47. The molecule has 29 heavy (non-hydrogen) atoms. The lowest BCUT2D eigenvalue weighted by molar-refractivity contribution is -0.133. The Morgan fingerprint density at radius 1 is 1.24 bits per heavy atom. The molecule has 2 heterocycles. The molecule has 0 spiro atoms. The second-order valence-corrected chi connectivity index (χ2v) is 8.03. The highest BCUT2D eigenvalue weighted by Crippen LogP contribution is 2.25. The third-order valence-electron chi connectivity index (χ3n) is 4.00. The van der Waals surface area contributed by atoms with Crippen molar-refractivity contribution in [2.24, 2.45) is 0 Å². The number of aryl methyl sites for hydroxylation is 1. The average molecular weight is 453 g/mol. The molecule has 0 saturated carbocycles. The molecular weight excluding hydrogens is 435 g/mol. The number of nitrogens with one attached hydrogen (secondary N) is 1. The highest BCUT2D eigenvalue weighted by Gasteiger charge is 2.15. The zero-order valence-corrected chi connectivity index (χ0v) is 17.9. The van der Waals surface area contributed by atoms with Crippen LogP contribution in [0.1, 0.15) is 18.7 Å². The molecule has 2 aromatic heterocycles. The minimum atomic E-state index is -0.322. The summed E-state index contributed by atoms with van der Waals surface area (Å²) in [5.74, 6) is 0.572. The molecule has 0 unspecified atom stereocenters. The number of hydrogen-bond acceptors (Lipinski definition) is 6. The molecule has 0 saturated heterocycles. The van der Waals surface area contributed by atoms with Crippen LogP contribution in [0.3, 0.4) is 0 Å². The van der Waals surface area contributed by atoms with E-state index in [0.717, 1.165) is 4.88 Å². The molecule has 3 rings (SSSR count). The first-order chi connectivity index (χ1) is 13.9. The maximum Gasteiger partial charge on any atom is 0.243 e. The van der Waals surface area contributed by atoms with Crippen LogP contribution in [-0.2, 0) is 16.0 Å². The zero-order chi connectivity index (χ0) is 20.8. The number of hydrogen-bond donors (Lipinski definition) is 1. The van der Waals surface area contributed by atoms with Crippen LogP contribution in [-0.4, -0.2) is 40.4 Å². The van der Waals surface area contributed by atoms with Crippen molar-refractivity contribution >= 4 is 52.0 Å². The number of thiophene rings is 1. The van der Waals surface area contributed by atoms with E-state index in [-0.39, 0.29) is 24.8 Å². The van der Waals surface area contributed by atoms with Crippen LogP contribution in [0.15, 0.2) is 40.2 Å². The third-order valence-corrected chi connectivity index (χ3v) is 5.61. The van der Waals surface area contributed by atoms with Gasteiger partial charge in [-0.05, 0) is 36.1 Å². The van der Waals surface area contributed by atoms with Gasteiger partial charge in [0.25, 0.3) is 0 Å². The molecule has 0 aliphatic rings. The number of benzene rings is 1. The molecule has 0 radical (unpaired) electrons. The molecule has 7 nitrogen and oxygen atoms in total. The van der Waals surface area contributed by atoms with Crippen LogP contribution < -0.4 is 5.32 Å². The smallest absolute Gasteiger partial charge is 0.243 e. The van der Waals surface area contributed by atoms with Crippen molar-refractivity contribution in [2.75, 3.05) is 18.9 Å². The molecule has 152 valence electrons. The molecule has 0 fully saturated rings. The predicted molar refractivity (Wildman–Crippen MR) is 113 cm³/mol. The zero-order valence-electron chi connectivity index (χ0n) is 15.5. The highest BCUT2D eigenvalue weighted by atomic mass is 35.5. The Balaban J connectivity index is 1.42. The Bertz CT molecular complexity index is 991. The SMILES string of the molecule is CN(CC(=O)Nc1ccc(Cl)c(Cl)c1)C(=O)CCCc1nc(-c2cccs2)no1. The van der Waals surface area contributed by atoms with Crippen LogP contribution in [0.2, 0.25) is 10.0 Å². The molecule has 0 aliphatic heterocycles. The van der Waals surface area contributed by atoms with E-state index in [1.54, 1.807) is 25.2 Å². The van der Waals surface area contributed by atoms with Gasteiger partial charge in [0, 0.05) is 25.6 Å². The van der Waals surface area contributed by atoms with Crippen molar-refractivity contribution in [1.29, 1.82) is 0 Å². The van der Waals surface area contributed by atoms with Gasteiger partial charge in [0.2, 0.25) is 23.5 Å². The number of carbonyl (C=O) groups is 2. The van der Waals surface area contributed by atoms with Gasteiger partial charge < -0.3 is 14.7 Å². The molecular formula is C19H18Cl2N4O3S. The summed E-state index contributed by atoms with van der Waals surface area (Å²) in [7, 11) is 1.58. The summed E-state index contributed by atoms with van der Waals surface area (Å²) in [5, 5.41) is 9.32. The molecule has 1 aromatic carbocycles. The van der Waals surface area contributed by atoms with Crippen molar-refractivity contribution < 1.29 is 14.1 Å². The number of anilines is 1. The first-order valence-corrected chi connectivity index (χ1v) is 10.4. The van der Waals surface area contributed by atoms with E-state index in [4.69, 9.17) is 27.7 Å². The maximum absolute atomic E-state index is 12.3. The van der Waals surface area contributed by atoms with Crippen molar-refractivity contribution in [2.45, 2.75) is 19.3 Å². The van der Waals surface area contributed by atoms with E-state index in [0.29, 0.717) is 40.3 Å². The molecule has 1 N–H and O–H groups in total. The van der Waals surface area contributed by atoms with E-state index in [1.165, 1.54) is 16.2 Å². The Labute approximate surface area is 181 Å². The second-order valence-electron chi connectivity index (χ2n) is 6.27. The van der Waals surface area contributed by atoms with Crippen LogP contribution in [0, 0.1) is 0 Å². The summed E-state index contributed by atoms with van der Waals surface area (Å²) in [6.45, 7) is -0.0673. The first kappa shape index (κ1) is 21.3. The van der Waals surface area contributed by atoms with Gasteiger partial charge in [-0.2, -0.15) is 4.98 Å². The Hall–Kier alpha value is -2.42. The molecule has 0 atom stereocenters. The van der Waals surface area contributed by atoms with Crippen molar-refractivity contribution in [1.82, 2.24) is 15.0 Å². The van der Waals surface area contributed by atoms with Gasteiger partial charge in [-0.1, -0.05) is 34.4 Å². The lowest BCUT2D eigenvalue weighted by Gasteiger charge is -2.16. The Kier molecular flexibility index (Phi) is 7.24. The minimum Gasteiger partial charge on any atom is -0.339 e. The fourth-order valence-electron chi connectivity index (χ4n) is 2.52. The summed E-state index contributed by atoms with van der Waals surface area (Å²) in [6.07, 6.45) is 1.31. The Morgan fingerprint density at radius 2 is 2.07 bits per heavy atom. The summed E-state index contributed by atoms with van der Waals surface area (Å²) in [4.78, 5) is 31.0. The lowest BCUT2D eigenvalue weighted by Crippen LogP contribution is -2.34. The number of likely N-dealkylation sites (N-methyl/N-ethyl adjacent to an activating group) is 1. The van der Waals surface area contributed by atoms with E-state index in [1.807, 2.05) is 17.5 Å². The quantitative estimate of drug-likeness (QED) is 0.542. The first-order valence-electron chi connectivity index (χ1n) is 8.77. The molecule has 0 bridgehead atoms. The molecule has 3 aromatic rings. The minimum absolute atomic E-state index is 0.0673. The highest BCUT2D eigenvalue weighted by molar-refractivity contribution is 7.13. The maximum atomic E-state index is 12.3. The largest absolute Gasteiger partial charge is 0.339 e. The molecule has 2 amide bonds. The summed E-state index contributed by atoms with van der Waals surface area (Å²) in [6, 6.07) is 8.63. The summed E-state index contributed by atoms with van der Waals surface area (Å²) in [5.41, 5.74) is 0.517. The van der Waals surface area contributed by atoms with Gasteiger partial charge in [0.15, 0.2) is 0 Å².